The monoisotopic (exact) mass is 1110 g/mol. The number of carbonyl (C=O) groups excluding carboxylic acids is 3. The quantitative estimate of drug-likeness (QED) is 0.0261. The molecule has 0 radical (unpaired) electrons. The number of rotatable bonds is 59. The van der Waals surface area contributed by atoms with Gasteiger partial charge in [-0.05, 0) is 116 Å². The van der Waals surface area contributed by atoms with Crippen molar-refractivity contribution in [2.75, 3.05) is 13.2 Å². The van der Waals surface area contributed by atoms with Gasteiger partial charge in [-0.1, -0.05) is 296 Å². The summed E-state index contributed by atoms with van der Waals surface area (Å²) in [7, 11) is 0. The molecule has 0 aliphatic heterocycles. The molecule has 0 spiro atoms. The van der Waals surface area contributed by atoms with Crippen molar-refractivity contribution < 1.29 is 28.6 Å². The van der Waals surface area contributed by atoms with Crippen LogP contribution in [0.25, 0.3) is 0 Å². The van der Waals surface area contributed by atoms with Crippen molar-refractivity contribution in [1.29, 1.82) is 0 Å². The highest BCUT2D eigenvalue weighted by atomic mass is 16.6. The normalized spacial score (nSPS) is 13.0. The molecule has 0 rings (SSSR count). The van der Waals surface area contributed by atoms with Crippen molar-refractivity contribution in [2.45, 2.75) is 303 Å². The van der Waals surface area contributed by atoms with Crippen LogP contribution in [0, 0.1) is 0 Å². The van der Waals surface area contributed by atoms with Gasteiger partial charge in [0.1, 0.15) is 13.2 Å². The van der Waals surface area contributed by atoms with Crippen LogP contribution in [0.2, 0.25) is 0 Å². The molecule has 1 unspecified atom stereocenters. The van der Waals surface area contributed by atoms with Crippen LogP contribution in [0.15, 0.2) is 134 Å². The fourth-order valence-corrected chi connectivity index (χ4v) is 9.00. The van der Waals surface area contributed by atoms with Crippen LogP contribution >= 0.6 is 0 Å². The van der Waals surface area contributed by atoms with Gasteiger partial charge in [-0.2, -0.15) is 0 Å². The van der Waals surface area contributed by atoms with Crippen molar-refractivity contribution in [3.8, 4) is 0 Å². The lowest BCUT2D eigenvalue weighted by Gasteiger charge is -2.18. The van der Waals surface area contributed by atoms with E-state index in [1.54, 1.807) is 0 Å². The van der Waals surface area contributed by atoms with Gasteiger partial charge in [0.25, 0.3) is 0 Å². The average Bonchev–Trinajstić information content (AvgIpc) is 3.46. The van der Waals surface area contributed by atoms with E-state index in [0.29, 0.717) is 19.3 Å². The molecule has 1 atom stereocenters. The molecule has 0 aliphatic rings. The minimum atomic E-state index is -0.786. The standard InChI is InChI=1S/C74H122O6/c1-4-7-10-13-16-19-21-23-25-27-29-31-33-35-37-39-41-43-45-47-49-51-53-55-58-61-64-67-73(76)79-70-71(69-78-72(75)66-63-60-57-18-15-12-9-6-3)80-74(77)68-65-62-59-56-54-52-50-48-46-44-42-40-38-36-34-32-30-28-26-24-22-20-17-14-11-8-5-2/h7-8,10-11,16-17,19-20,23-26,29-32,35-38,41,43,71H,4-6,9,12-15,18,21-22,27-28,33-34,39-40,42,44-70H2,1-3H3/b10-7-,11-8-,19-16-,20-17-,25-23-,26-24-,31-29-,32-30-,37-35-,38-36-,43-41-. The highest BCUT2D eigenvalue weighted by Crippen LogP contribution is 2.16. The Morgan fingerprint density at radius 2 is 0.487 bits per heavy atom. The van der Waals surface area contributed by atoms with E-state index >= 15 is 0 Å². The molecule has 0 N–H and O–H groups in total. The lowest BCUT2D eigenvalue weighted by molar-refractivity contribution is -0.167. The number of allylic oxidation sites excluding steroid dienone is 22. The molecule has 80 heavy (non-hydrogen) atoms. The summed E-state index contributed by atoms with van der Waals surface area (Å²) in [6.07, 6.45) is 94.8. The van der Waals surface area contributed by atoms with Crippen molar-refractivity contribution in [2.24, 2.45) is 0 Å². The van der Waals surface area contributed by atoms with Crippen LogP contribution in [-0.4, -0.2) is 37.2 Å². The second-order valence-electron chi connectivity index (χ2n) is 21.6. The first-order valence-electron chi connectivity index (χ1n) is 33.2. The molecular weight excluding hydrogens is 985 g/mol. The number of ether oxygens (including phenoxy) is 3. The maximum Gasteiger partial charge on any atom is 0.306 e. The molecule has 0 saturated heterocycles. The molecule has 0 aromatic rings. The Morgan fingerprint density at radius 3 is 0.762 bits per heavy atom. The third-order valence-electron chi connectivity index (χ3n) is 13.9. The maximum absolute atomic E-state index is 12.9. The van der Waals surface area contributed by atoms with Crippen molar-refractivity contribution >= 4 is 17.9 Å². The molecule has 0 aromatic carbocycles. The lowest BCUT2D eigenvalue weighted by atomic mass is 10.0. The van der Waals surface area contributed by atoms with Crippen LogP contribution in [0.4, 0.5) is 0 Å². The molecule has 0 amide bonds. The zero-order valence-electron chi connectivity index (χ0n) is 52.0. The Bertz CT molecular complexity index is 1700. The topological polar surface area (TPSA) is 78.9 Å². The van der Waals surface area contributed by atoms with E-state index in [-0.39, 0.29) is 31.1 Å². The number of esters is 3. The van der Waals surface area contributed by atoms with Crippen LogP contribution in [0.3, 0.4) is 0 Å². The number of unbranched alkanes of at least 4 members (excludes halogenated alkanes) is 26. The maximum atomic E-state index is 12.9. The zero-order valence-corrected chi connectivity index (χ0v) is 52.0. The summed E-state index contributed by atoms with van der Waals surface area (Å²) >= 11 is 0. The van der Waals surface area contributed by atoms with Gasteiger partial charge >= 0.3 is 17.9 Å². The first-order valence-corrected chi connectivity index (χ1v) is 33.2. The van der Waals surface area contributed by atoms with Gasteiger partial charge in [-0.3, -0.25) is 14.4 Å². The molecule has 0 saturated carbocycles. The number of carbonyl (C=O) groups is 3. The van der Waals surface area contributed by atoms with Crippen molar-refractivity contribution in [3.63, 3.8) is 0 Å². The fourth-order valence-electron chi connectivity index (χ4n) is 9.00. The molecule has 6 nitrogen and oxygen atoms in total. The van der Waals surface area contributed by atoms with E-state index < -0.39 is 6.10 Å². The Morgan fingerprint density at radius 1 is 0.263 bits per heavy atom. The number of hydrogen-bond donors (Lipinski definition) is 0. The molecular formula is C74H122O6. The molecule has 6 heteroatoms. The van der Waals surface area contributed by atoms with E-state index in [4.69, 9.17) is 14.2 Å². The Hall–Kier alpha value is -4.45. The van der Waals surface area contributed by atoms with Gasteiger partial charge in [0.2, 0.25) is 0 Å². The molecule has 0 heterocycles. The highest BCUT2D eigenvalue weighted by Gasteiger charge is 2.19. The predicted molar refractivity (Wildman–Crippen MR) is 348 cm³/mol. The minimum absolute atomic E-state index is 0.0828. The lowest BCUT2D eigenvalue weighted by Crippen LogP contribution is -2.30. The highest BCUT2D eigenvalue weighted by molar-refractivity contribution is 5.71. The van der Waals surface area contributed by atoms with Gasteiger partial charge < -0.3 is 14.2 Å². The molecule has 0 aromatic heterocycles. The summed E-state index contributed by atoms with van der Waals surface area (Å²) < 4.78 is 16.9. The predicted octanol–water partition coefficient (Wildman–Crippen LogP) is 22.9. The first-order chi connectivity index (χ1) is 39.5. The Balaban J connectivity index is 4.21. The summed E-state index contributed by atoms with van der Waals surface area (Å²) in [4.78, 5) is 38.2. The second kappa shape index (κ2) is 67.1. The first kappa shape index (κ1) is 75.5. The van der Waals surface area contributed by atoms with E-state index in [1.807, 2.05) is 0 Å². The van der Waals surface area contributed by atoms with Crippen LogP contribution in [0.5, 0.6) is 0 Å². The van der Waals surface area contributed by atoms with Crippen molar-refractivity contribution in [1.82, 2.24) is 0 Å². The van der Waals surface area contributed by atoms with Crippen LogP contribution < -0.4 is 0 Å². The summed E-state index contributed by atoms with van der Waals surface area (Å²) in [5, 5.41) is 0. The third kappa shape index (κ3) is 64.4. The second-order valence-corrected chi connectivity index (χ2v) is 21.6. The van der Waals surface area contributed by atoms with Gasteiger partial charge in [0, 0.05) is 19.3 Å². The van der Waals surface area contributed by atoms with E-state index in [0.717, 1.165) is 135 Å². The Kier molecular flexibility index (Phi) is 63.3. The molecule has 0 fully saturated rings. The fraction of sp³-hybridized carbons (Fsp3) is 0.662. The van der Waals surface area contributed by atoms with E-state index in [2.05, 4.69) is 154 Å². The van der Waals surface area contributed by atoms with Crippen LogP contribution in [0.1, 0.15) is 297 Å². The van der Waals surface area contributed by atoms with Crippen LogP contribution in [-0.2, 0) is 28.6 Å². The summed E-state index contributed by atoms with van der Waals surface area (Å²) in [6, 6.07) is 0. The smallest absolute Gasteiger partial charge is 0.306 e. The van der Waals surface area contributed by atoms with E-state index in [9.17, 15) is 14.4 Å². The van der Waals surface area contributed by atoms with E-state index in [1.165, 1.54) is 122 Å². The Labute approximate surface area is 494 Å². The van der Waals surface area contributed by atoms with Gasteiger partial charge in [-0.15, -0.1) is 0 Å². The van der Waals surface area contributed by atoms with Crippen molar-refractivity contribution in [3.05, 3.63) is 134 Å². The molecule has 454 valence electrons. The largest absolute Gasteiger partial charge is 0.462 e. The van der Waals surface area contributed by atoms with Gasteiger partial charge in [-0.25, -0.2) is 0 Å². The zero-order chi connectivity index (χ0) is 57.8. The minimum Gasteiger partial charge on any atom is -0.462 e. The van der Waals surface area contributed by atoms with Gasteiger partial charge in [0.15, 0.2) is 6.10 Å². The van der Waals surface area contributed by atoms with Gasteiger partial charge in [0.05, 0.1) is 0 Å². The number of hydrogen-bond acceptors (Lipinski definition) is 6. The SMILES string of the molecule is CC/C=C\C/C=C\C/C=C\C/C=C\C/C=C\C/C=C\CCCCCCCCCCC(=O)OCC(COC(=O)CCCCCCCCCC)OC(=O)CCCCCCCCCCCCC/C=C\C/C=C\C/C=C\C/C=C\C/C=C\CC. The third-order valence-corrected chi connectivity index (χ3v) is 13.9. The summed E-state index contributed by atoms with van der Waals surface area (Å²) in [5.41, 5.74) is 0. The summed E-state index contributed by atoms with van der Waals surface area (Å²) in [5.74, 6) is -0.895. The summed E-state index contributed by atoms with van der Waals surface area (Å²) in [6.45, 7) is 6.39. The average molecular weight is 1110 g/mol. The molecule has 0 aliphatic carbocycles. The molecule has 0 bridgehead atoms.